The van der Waals surface area contributed by atoms with Gasteiger partial charge in [0.05, 0.1) is 15.9 Å². The molecule has 1 rings (SSSR count). The zero-order valence-corrected chi connectivity index (χ0v) is 8.62. The van der Waals surface area contributed by atoms with Crippen LogP contribution in [0.25, 0.3) is 0 Å². The zero-order chi connectivity index (χ0) is 10.0. The molecule has 0 saturated carbocycles. The third-order valence-corrected chi connectivity index (χ3v) is 2.48. The van der Waals surface area contributed by atoms with Crippen molar-refractivity contribution in [3.63, 3.8) is 0 Å². The Morgan fingerprint density at radius 2 is 2.00 bits per heavy atom. The van der Waals surface area contributed by atoms with Crippen molar-refractivity contribution in [3.05, 3.63) is 27.7 Å². The average Bonchev–Trinajstić information content (AvgIpc) is 2.10. The van der Waals surface area contributed by atoms with Gasteiger partial charge in [-0.1, -0.05) is 23.2 Å². The van der Waals surface area contributed by atoms with Crippen LogP contribution in [0.4, 0.5) is 0 Å². The monoisotopic (exact) mass is 238 g/mol. The number of ketones is 1. The summed E-state index contributed by atoms with van der Waals surface area (Å²) in [6.45, 7) is 0. The molecule has 70 valence electrons. The van der Waals surface area contributed by atoms with E-state index in [4.69, 9.17) is 39.9 Å². The van der Waals surface area contributed by atoms with E-state index in [2.05, 4.69) is 0 Å². The maximum Gasteiger partial charge on any atom is 0.179 e. The van der Waals surface area contributed by atoms with Gasteiger partial charge in [-0.25, -0.2) is 0 Å². The number of hydrogen-bond acceptors (Lipinski definition) is 2. The van der Waals surface area contributed by atoms with E-state index in [0.29, 0.717) is 0 Å². The van der Waals surface area contributed by atoms with E-state index in [1.807, 2.05) is 0 Å². The number of alkyl halides is 1. The first-order valence-corrected chi connectivity index (χ1v) is 4.62. The second-order valence-corrected chi connectivity index (χ2v) is 3.40. The third kappa shape index (κ3) is 2.27. The topological polar surface area (TPSA) is 37.3 Å². The third-order valence-electron chi connectivity index (χ3n) is 1.43. The molecule has 0 spiro atoms. The van der Waals surface area contributed by atoms with Crippen LogP contribution >= 0.6 is 34.8 Å². The van der Waals surface area contributed by atoms with Crippen LogP contribution in [0.3, 0.4) is 0 Å². The average molecular weight is 239 g/mol. The van der Waals surface area contributed by atoms with Gasteiger partial charge in [0.2, 0.25) is 0 Å². The predicted molar refractivity (Wildman–Crippen MR) is 53.2 cm³/mol. The highest BCUT2D eigenvalue weighted by Gasteiger charge is 2.13. The fourth-order valence-corrected chi connectivity index (χ4v) is 1.42. The van der Waals surface area contributed by atoms with Crippen LogP contribution in [0.15, 0.2) is 12.1 Å². The Hall–Kier alpha value is -0.440. The van der Waals surface area contributed by atoms with Gasteiger partial charge in [0, 0.05) is 11.6 Å². The molecule has 0 aliphatic rings. The number of carbonyl (C=O) groups excluding carboxylic acids is 1. The van der Waals surface area contributed by atoms with Gasteiger partial charge in [-0.3, -0.25) is 4.79 Å². The fourth-order valence-electron chi connectivity index (χ4n) is 0.850. The van der Waals surface area contributed by atoms with Crippen LogP contribution in [0, 0.1) is 0 Å². The Balaban J connectivity index is 3.28. The van der Waals surface area contributed by atoms with E-state index in [1.54, 1.807) is 0 Å². The molecular formula is C8H5Cl3O2. The molecule has 0 bridgehead atoms. The Morgan fingerprint density at radius 1 is 1.38 bits per heavy atom. The summed E-state index contributed by atoms with van der Waals surface area (Å²) in [4.78, 5) is 11.2. The summed E-state index contributed by atoms with van der Waals surface area (Å²) in [5.41, 5.74) is 0.140. The van der Waals surface area contributed by atoms with E-state index in [0.717, 1.165) is 0 Å². The first-order valence-electron chi connectivity index (χ1n) is 3.33. The van der Waals surface area contributed by atoms with Gasteiger partial charge in [-0.05, 0) is 6.07 Å². The highest BCUT2D eigenvalue weighted by Crippen LogP contribution is 2.30. The van der Waals surface area contributed by atoms with E-state index in [9.17, 15) is 4.79 Å². The van der Waals surface area contributed by atoms with Crippen LogP contribution in [-0.2, 0) is 0 Å². The number of phenols is 1. The predicted octanol–water partition coefficient (Wildman–Crippen LogP) is 3.12. The first-order chi connectivity index (χ1) is 6.06. The van der Waals surface area contributed by atoms with Crippen molar-refractivity contribution in [2.75, 3.05) is 5.88 Å². The van der Waals surface area contributed by atoms with E-state index >= 15 is 0 Å². The minimum Gasteiger partial charge on any atom is -0.508 e. The lowest BCUT2D eigenvalue weighted by Gasteiger charge is -2.03. The Morgan fingerprint density at radius 3 is 2.54 bits per heavy atom. The van der Waals surface area contributed by atoms with Crippen LogP contribution in [0.2, 0.25) is 10.0 Å². The summed E-state index contributed by atoms with van der Waals surface area (Å²) >= 11 is 16.7. The van der Waals surface area contributed by atoms with Crippen LogP contribution < -0.4 is 0 Å². The summed E-state index contributed by atoms with van der Waals surface area (Å²) < 4.78 is 0. The molecule has 0 unspecified atom stereocenters. The molecule has 0 aliphatic carbocycles. The number of phenolic OH excluding ortho intramolecular Hbond substituents is 1. The number of aromatic hydroxyl groups is 1. The van der Waals surface area contributed by atoms with Crippen molar-refractivity contribution in [1.29, 1.82) is 0 Å². The van der Waals surface area contributed by atoms with Crippen molar-refractivity contribution < 1.29 is 9.90 Å². The maximum atomic E-state index is 11.2. The number of Topliss-reactive ketones (excluding diaryl/α,β-unsaturated/α-hetero) is 1. The van der Waals surface area contributed by atoms with Gasteiger partial charge in [0.15, 0.2) is 5.78 Å². The van der Waals surface area contributed by atoms with Gasteiger partial charge in [-0.15, -0.1) is 11.6 Å². The fraction of sp³-hybridized carbons (Fsp3) is 0.125. The zero-order valence-electron chi connectivity index (χ0n) is 6.35. The second-order valence-electron chi connectivity index (χ2n) is 2.35. The van der Waals surface area contributed by atoms with Crippen molar-refractivity contribution in [2.24, 2.45) is 0 Å². The molecule has 0 amide bonds. The highest BCUT2D eigenvalue weighted by atomic mass is 35.5. The van der Waals surface area contributed by atoms with Gasteiger partial charge < -0.3 is 5.11 Å². The molecule has 0 aromatic heterocycles. The van der Waals surface area contributed by atoms with E-state index in [1.165, 1.54) is 12.1 Å². The van der Waals surface area contributed by atoms with E-state index < -0.39 is 0 Å². The molecule has 5 heteroatoms. The molecule has 0 fully saturated rings. The number of benzene rings is 1. The van der Waals surface area contributed by atoms with Crippen molar-refractivity contribution in [3.8, 4) is 5.75 Å². The second kappa shape index (κ2) is 4.18. The summed E-state index contributed by atoms with van der Waals surface area (Å²) in [5, 5.41) is 9.37. The van der Waals surface area contributed by atoms with Crippen molar-refractivity contribution >= 4 is 40.6 Å². The number of halogens is 3. The van der Waals surface area contributed by atoms with Gasteiger partial charge in [-0.2, -0.15) is 0 Å². The van der Waals surface area contributed by atoms with Gasteiger partial charge in [0.1, 0.15) is 5.75 Å². The Labute approximate surface area is 90.0 Å². The summed E-state index contributed by atoms with van der Waals surface area (Å²) in [5.74, 6) is -0.674. The number of hydrogen-bond donors (Lipinski definition) is 1. The van der Waals surface area contributed by atoms with Crippen LogP contribution in [0.5, 0.6) is 5.75 Å². The summed E-state index contributed by atoms with van der Waals surface area (Å²) in [6, 6.07) is 2.49. The molecule has 1 aromatic carbocycles. The molecule has 0 saturated heterocycles. The lowest BCUT2D eigenvalue weighted by molar-refractivity contribution is 0.102. The van der Waals surface area contributed by atoms with Crippen molar-refractivity contribution in [1.82, 2.24) is 0 Å². The normalized spacial score (nSPS) is 10.1. The maximum absolute atomic E-state index is 11.2. The van der Waals surface area contributed by atoms with Crippen molar-refractivity contribution in [2.45, 2.75) is 0 Å². The minimum absolute atomic E-state index is 0.108. The Bertz CT molecular complexity index is 349. The largest absolute Gasteiger partial charge is 0.508 e. The summed E-state index contributed by atoms with van der Waals surface area (Å²) in [7, 11) is 0. The molecule has 0 heterocycles. The smallest absolute Gasteiger partial charge is 0.179 e. The lowest BCUT2D eigenvalue weighted by Crippen LogP contribution is -2.01. The molecule has 1 N–H and O–H groups in total. The first kappa shape index (κ1) is 10.6. The molecule has 1 aromatic rings. The number of rotatable bonds is 2. The number of carbonyl (C=O) groups is 1. The standard InChI is InChI=1S/C8H5Cl3O2/c9-3-7(13)5-1-4(12)2-6(10)8(5)11/h1-2,12H,3H2. The highest BCUT2D eigenvalue weighted by molar-refractivity contribution is 6.45. The Kier molecular flexibility index (Phi) is 3.42. The molecule has 0 aliphatic heterocycles. The van der Waals surface area contributed by atoms with Crippen LogP contribution in [-0.4, -0.2) is 16.8 Å². The van der Waals surface area contributed by atoms with Gasteiger partial charge >= 0.3 is 0 Å². The SMILES string of the molecule is O=C(CCl)c1cc(O)cc(Cl)c1Cl. The quantitative estimate of drug-likeness (QED) is 0.636. The molecule has 0 radical (unpaired) electrons. The molecule has 2 nitrogen and oxygen atoms in total. The lowest BCUT2D eigenvalue weighted by atomic mass is 10.1. The summed E-state index contributed by atoms with van der Waals surface area (Å²) in [6.07, 6.45) is 0. The van der Waals surface area contributed by atoms with E-state index in [-0.39, 0.29) is 33.0 Å². The molecule has 0 atom stereocenters. The minimum atomic E-state index is -0.371. The molecule has 13 heavy (non-hydrogen) atoms. The van der Waals surface area contributed by atoms with Crippen LogP contribution in [0.1, 0.15) is 10.4 Å². The van der Waals surface area contributed by atoms with Gasteiger partial charge in [0.25, 0.3) is 0 Å². The molecular weight excluding hydrogens is 234 g/mol.